The molecule has 2 aromatic rings. The van der Waals surface area contributed by atoms with Crippen LogP contribution in [0.4, 0.5) is 5.82 Å². The Kier molecular flexibility index (Phi) is 4.49. The maximum absolute atomic E-state index is 6.03. The molecule has 1 aromatic carbocycles. The number of benzene rings is 1. The predicted molar refractivity (Wildman–Crippen MR) is 81.2 cm³/mol. The van der Waals surface area contributed by atoms with Crippen molar-refractivity contribution in [1.29, 1.82) is 0 Å². The summed E-state index contributed by atoms with van der Waals surface area (Å²) in [5, 5.41) is 1.13. The zero-order valence-electron chi connectivity index (χ0n) is 12.1. The topological polar surface area (TPSA) is 47.5 Å². The van der Waals surface area contributed by atoms with Crippen molar-refractivity contribution in [1.82, 2.24) is 9.97 Å². The first kappa shape index (κ1) is 14.7. The van der Waals surface area contributed by atoms with Crippen LogP contribution in [0.25, 0.3) is 10.9 Å². The second kappa shape index (κ2) is 6.13. The number of hydrogen-bond donors (Lipinski definition) is 0. The Balaban J connectivity index is 2.74. The van der Waals surface area contributed by atoms with Gasteiger partial charge in [-0.2, -0.15) is 4.98 Å². The van der Waals surface area contributed by atoms with Crippen molar-refractivity contribution >= 4 is 28.3 Å². The Morgan fingerprint density at radius 1 is 1.05 bits per heavy atom. The van der Waals surface area contributed by atoms with Crippen molar-refractivity contribution in [2.75, 3.05) is 32.2 Å². The summed E-state index contributed by atoms with van der Waals surface area (Å²) in [6.07, 6.45) is 0. The average Bonchev–Trinajstić information content (AvgIpc) is 2.46. The molecule has 0 saturated carbocycles. The number of anilines is 1. The van der Waals surface area contributed by atoms with Crippen LogP contribution in [0, 0.1) is 0 Å². The Morgan fingerprint density at radius 2 is 1.65 bits per heavy atom. The summed E-state index contributed by atoms with van der Waals surface area (Å²) in [6.45, 7) is 5.83. The molecule has 5 nitrogen and oxygen atoms in total. The van der Waals surface area contributed by atoms with Gasteiger partial charge in [0.05, 0.1) is 19.7 Å². The highest BCUT2D eigenvalue weighted by atomic mass is 35.5. The standard InChI is InChI=1S/C14H18ClN3O2/c1-5-18(6-2)13-9-7-11(19-3)12(20-4)8-10(9)16-14(15)17-13/h7-8H,5-6H2,1-4H3. The summed E-state index contributed by atoms with van der Waals surface area (Å²) < 4.78 is 10.6. The molecule has 1 aromatic heterocycles. The van der Waals surface area contributed by atoms with Crippen molar-refractivity contribution < 1.29 is 9.47 Å². The average molecular weight is 296 g/mol. The first-order chi connectivity index (χ1) is 9.64. The normalized spacial score (nSPS) is 10.7. The van der Waals surface area contributed by atoms with E-state index in [1.807, 2.05) is 12.1 Å². The molecule has 2 rings (SSSR count). The van der Waals surface area contributed by atoms with Crippen LogP contribution in [0.2, 0.25) is 5.28 Å². The largest absolute Gasteiger partial charge is 0.493 e. The zero-order valence-corrected chi connectivity index (χ0v) is 12.9. The molecular weight excluding hydrogens is 278 g/mol. The molecule has 0 unspecified atom stereocenters. The maximum atomic E-state index is 6.03. The molecule has 0 aliphatic heterocycles. The highest BCUT2D eigenvalue weighted by molar-refractivity contribution is 6.28. The summed E-state index contributed by atoms with van der Waals surface area (Å²) in [4.78, 5) is 10.7. The lowest BCUT2D eigenvalue weighted by Crippen LogP contribution is -2.23. The Bertz CT molecular complexity index is 615. The fraction of sp³-hybridized carbons (Fsp3) is 0.429. The van der Waals surface area contributed by atoms with E-state index in [-0.39, 0.29) is 5.28 Å². The van der Waals surface area contributed by atoms with Gasteiger partial charge in [0.15, 0.2) is 11.5 Å². The molecule has 0 bridgehead atoms. The predicted octanol–water partition coefficient (Wildman–Crippen LogP) is 3.15. The number of hydrogen-bond acceptors (Lipinski definition) is 5. The van der Waals surface area contributed by atoms with Gasteiger partial charge in [-0.25, -0.2) is 4.98 Å². The minimum absolute atomic E-state index is 0.228. The third kappa shape index (κ3) is 2.58. The molecule has 0 radical (unpaired) electrons. The number of fused-ring (bicyclic) bond motifs is 1. The molecule has 20 heavy (non-hydrogen) atoms. The van der Waals surface area contributed by atoms with E-state index in [0.717, 1.165) is 29.8 Å². The van der Waals surface area contributed by atoms with Crippen LogP contribution in [0.1, 0.15) is 13.8 Å². The molecular formula is C14H18ClN3O2. The summed E-state index contributed by atoms with van der Waals surface area (Å²) in [7, 11) is 3.20. The van der Waals surface area contributed by atoms with E-state index >= 15 is 0 Å². The highest BCUT2D eigenvalue weighted by Crippen LogP contribution is 2.35. The molecule has 0 fully saturated rings. The van der Waals surface area contributed by atoms with E-state index in [4.69, 9.17) is 21.1 Å². The van der Waals surface area contributed by atoms with Crippen LogP contribution in [0.3, 0.4) is 0 Å². The van der Waals surface area contributed by atoms with Gasteiger partial charge in [-0.1, -0.05) is 0 Å². The van der Waals surface area contributed by atoms with E-state index < -0.39 is 0 Å². The van der Waals surface area contributed by atoms with Crippen LogP contribution >= 0.6 is 11.6 Å². The van der Waals surface area contributed by atoms with Gasteiger partial charge in [-0.05, 0) is 31.5 Å². The lowest BCUT2D eigenvalue weighted by Gasteiger charge is -2.22. The lowest BCUT2D eigenvalue weighted by atomic mass is 10.2. The van der Waals surface area contributed by atoms with Crippen molar-refractivity contribution in [3.05, 3.63) is 17.4 Å². The number of halogens is 1. The Morgan fingerprint density at radius 3 is 2.20 bits per heavy atom. The van der Waals surface area contributed by atoms with E-state index in [1.54, 1.807) is 14.2 Å². The van der Waals surface area contributed by atoms with E-state index in [1.165, 1.54) is 0 Å². The fourth-order valence-corrected chi connectivity index (χ4v) is 2.35. The minimum atomic E-state index is 0.228. The molecule has 0 N–H and O–H groups in total. The van der Waals surface area contributed by atoms with Gasteiger partial charge in [0, 0.05) is 24.5 Å². The van der Waals surface area contributed by atoms with Crippen LogP contribution in [-0.2, 0) is 0 Å². The summed E-state index contributed by atoms with van der Waals surface area (Å²) >= 11 is 6.03. The van der Waals surface area contributed by atoms with E-state index in [0.29, 0.717) is 11.5 Å². The van der Waals surface area contributed by atoms with Crippen molar-refractivity contribution in [3.63, 3.8) is 0 Å². The fourth-order valence-electron chi connectivity index (χ4n) is 2.18. The first-order valence-electron chi connectivity index (χ1n) is 6.48. The monoisotopic (exact) mass is 295 g/mol. The van der Waals surface area contributed by atoms with Crippen molar-refractivity contribution in [2.24, 2.45) is 0 Å². The summed E-state index contributed by atoms with van der Waals surface area (Å²) in [5.74, 6) is 2.09. The second-order valence-electron chi connectivity index (χ2n) is 4.21. The smallest absolute Gasteiger partial charge is 0.224 e. The number of aromatic nitrogens is 2. The molecule has 1 heterocycles. The summed E-state index contributed by atoms with van der Waals surface area (Å²) in [6, 6.07) is 3.70. The lowest BCUT2D eigenvalue weighted by molar-refractivity contribution is 0.356. The summed E-state index contributed by atoms with van der Waals surface area (Å²) in [5.41, 5.74) is 0.740. The highest BCUT2D eigenvalue weighted by Gasteiger charge is 2.15. The third-order valence-electron chi connectivity index (χ3n) is 3.22. The van der Waals surface area contributed by atoms with E-state index in [9.17, 15) is 0 Å². The molecule has 0 amide bonds. The zero-order chi connectivity index (χ0) is 14.7. The van der Waals surface area contributed by atoms with E-state index in [2.05, 4.69) is 28.7 Å². The van der Waals surface area contributed by atoms with Crippen LogP contribution < -0.4 is 14.4 Å². The molecule has 108 valence electrons. The SMILES string of the molecule is CCN(CC)c1nc(Cl)nc2cc(OC)c(OC)cc12. The van der Waals surface area contributed by atoms with Crippen molar-refractivity contribution in [2.45, 2.75) is 13.8 Å². The number of nitrogens with zero attached hydrogens (tertiary/aromatic N) is 3. The number of methoxy groups -OCH3 is 2. The number of ether oxygens (including phenoxy) is 2. The van der Waals surface area contributed by atoms with Crippen LogP contribution in [-0.4, -0.2) is 37.3 Å². The van der Waals surface area contributed by atoms with Gasteiger partial charge in [-0.15, -0.1) is 0 Å². The Hall–Kier alpha value is -1.75. The van der Waals surface area contributed by atoms with Crippen LogP contribution in [0.5, 0.6) is 11.5 Å². The Labute approximate surface area is 123 Å². The van der Waals surface area contributed by atoms with Gasteiger partial charge in [0.2, 0.25) is 5.28 Å². The van der Waals surface area contributed by atoms with Gasteiger partial charge < -0.3 is 14.4 Å². The van der Waals surface area contributed by atoms with Gasteiger partial charge in [0.1, 0.15) is 5.82 Å². The van der Waals surface area contributed by atoms with Crippen molar-refractivity contribution in [3.8, 4) is 11.5 Å². The quantitative estimate of drug-likeness (QED) is 0.793. The molecule has 0 aliphatic rings. The molecule has 0 saturated heterocycles. The minimum Gasteiger partial charge on any atom is -0.493 e. The molecule has 0 atom stereocenters. The second-order valence-corrected chi connectivity index (χ2v) is 4.55. The van der Waals surface area contributed by atoms with Gasteiger partial charge >= 0.3 is 0 Å². The molecule has 0 aliphatic carbocycles. The molecule has 6 heteroatoms. The number of rotatable bonds is 5. The maximum Gasteiger partial charge on any atom is 0.224 e. The third-order valence-corrected chi connectivity index (χ3v) is 3.39. The first-order valence-corrected chi connectivity index (χ1v) is 6.86. The van der Waals surface area contributed by atoms with Gasteiger partial charge in [-0.3, -0.25) is 0 Å². The molecule has 0 spiro atoms. The van der Waals surface area contributed by atoms with Crippen LogP contribution in [0.15, 0.2) is 12.1 Å². The van der Waals surface area contributed by atoms with Gasteiger partial charge in [0.25, 0.3) is 0 Å².